The molecule has 0 aromatic heterocycles. The van der Waals surface area contributed by atoms with Gasteiger partial charge in [-0.05, 0) is 32.0 Å². The summed E-state index contributed by atoms with van der Waals surface area (Å²) in [5.74, 6) is -0.493. The lowest BCUT2D eigenvalue weighted by Crippen LogP contribution is -2.04. The van der Waals surface area contributed by atoms with Crippen LogP contribution in [0.15, 0.2) is 18.2 Å². The monoisotopic (exact) mass is 240 g/mol. The fourth-order valence-corrected chi connectivity index (χ4v) is 1.32. The van der Waals surface area contributed by atoms with Crippen molar-refractivity contribution in [3.05, 3.63) is 29.6 Å². The van der Waals surface area contributed by atoms with E-state index in [9.17, 15) is 9.18 Å². The maximum atomic E-state index is 13.5. The normalized spacial score (nSPS) is 10.3. The van der Waals surface area contributed by atoms with Crippen molar-refractivity contribution < 1.29 is 18.7 Å². The number of Topliss-reactive ketones (excluding diaryl/α,β-unsaturated/α-hetero) is 1. The summed E-state index contributed by atoms with van der Waals surface area (Å²) in [5.41, 5.74) is 0.351. The van der Waals surface area contributed by atoms with Gasteiger partial charge in [-0.3, -0.25) is 4.79 Å². The van der Waals surface area contributed by atoms with Crippen LogP contribution >= 0.6 is 0 Å². The van der Waals surface area contributed by atoms with E-state index in [1.165, 1.54) is 19.1 Å². The van der Waals surface area contributed by atoms with Crippen LogP contribution in [0.5, 0.6) is 5.75 Å². The van der Waals surface area contributed by atoms with Gasteiger partial charge in [-0.25, -0.2) is 4.39 Å². The average Bonchev–Trinajstić information content (AvgIpc) is 2.30. The van der Waals surface area contributed by atoms with E-state index in [1.807, 2.05) is 6.92 Å². The van der Waals surface area contributed by atoms with Crippen molar-refractivity contribution in [3.8, 4) is 5.75 Å². The molecule has 0 aliphatic heterocycles. The molecule has 0 spiro atoms. The van der Waals surface area contributed by atoms with Crippen molar-refractivity contribution in [2.75, 3.05) is 19.8 Å². The zero-order valence-electron chi connectivity index (χ0n) is 10.2. The second kappa shape index (κ2) is 7.01. The summed E-state index contributed by atoms with van der Waals surface area (Å²) in [4.78, 5) is 11.0. The van der Waals surface area contributed by atoms with Gasteiger partial charge in [-0.1, -0.05) is 0 Å². The lowest BCUT2D eigenvalue weighted by molar-refractivity contribution is 0.101. The molecular weight excluding hydrogens is 223 g/mol. The van der Waals surface area contributed by atoms with Crippen LogP contribution in [-0.4, -0.2) is 25.6 Å². The molecule has 1 rings (SSSR count). The Hall–Kier alpha value is -1.42. The van der Waals surface area contributed by atoms with Crippen LogP contribution in [0.2, 0.25) is 0 Å². The third-order valence-electron chi connectivity index (χ3n) is 2.23. The van der Waals surface area contributed by atoms with Crippen LogP contribution in [-0.2, 0) is 4.74 Å². The lowest BCUT2D eigenvalue weighted by atomic mass is 10.1. The Labute approximate surface area is 101 Å². The number of benzene rings is 1. The Balaban J connectivity index is 2.46. The number of halogens is 1. The van der Waals surface area contributed by atoms with Crippen molar-refractivity contribution in [1.29, 1.82) is 0 Å². The second-order valence-electron chi connectivity index (χ2n) is 3.60. The Morgan fingerprint density at radius 1 is 1.35 bits per heavy atom. The largest absolute Gasteiger partial charge is 0.490 e. The molecule has 1 aromatic rings. The molecule has 4 heteroatoms. The summed E-state index contributed by atoms with van der Waals surface area (Å²) in [5, 5.41) is 0. The molecule has 0 saturated carbocycles. The van der Waals surface area contributed by atoms with E-state index in [2.05, 4.69) is 0 Å². The van der Waals surface area contributed by atoms with E-state index in [1.54, 1.807) is 6.07 Å². The Morgan fingerprint density at radius 2 is 2.12 bits per heavy atom. The molecule has 0 aliphatic carbocycles. The van der Waals surface area contributed by atoms with E-state index in [0.717, 1.165) is 0 Å². The summed E-state index contributed by atoms with van der Waals surface area (Å²) >= 11 is 0. The molecule has 0 atom stereocenters. The summed E-state index contributed by atoms with van der Waals surface area (Å²) < 4.78 is 23.9. The molecule has 3 nitrogen and oxygen atoms in total. The fraction of sp³-hybridized carbons (Fsp3) is 0.462. The third kappa shape index (κ3) is 4.53. The molecular formula is C13H17FO3. The number of hydrogen-bond donors (Lipinski definition) is 0. The highest BCUT2D eigenvalue weighted by molar-refractivity contribution is 5.94. The highest BCUT2D eigenvalue weighted by atomic mass is 19.1. The molecule has 0 saturated heterocycles. The van der Waals surface area contributed by atoms with E-state index in [4.69, 9.17) is 9.47 Å². The van der Waals surface area contributed by atoms with Crippen molar-refractivity contribution in [3.63, 3.8) is 0 Å². The van der Waals surface area contributed by atoms with Crippen molar-refractivity contribution in [2.45, 2.75) is 20.3 Å². The second-order valence-corrected chi connectivity index (χ2v) is 3.60. The predicted molar refractivity (Wildman–Crippen MR) is 63.0 cm³/mol. The number of hydrogen-bond acceptors (Lipinski definition) is 3. The van der Waals surface area contributed by atoms with Gasteiger partial charge in [0, 0.05) is 25.2 Å². The van der Waals surface area contributed by atoms with Crippen molar-refractivity contribution >= 4 is 5.78 Å². The topological polar surface area (TPSA) is 35.5 Å². The number of carbonyl (C=O) groups excluding carboxylic acids is 1. The fourth-order valence-electron chi connectivity index (χ4n) is 1.32. The van der Waals surface area contributed by atoms with E-state index in [0.29, 0.717) is 31.8 Å². The molecule has 0 amide bonds. The molecule has 0 fully saturated rings. The van der Waals surface area contributed by atoms with E-state index < -0.39 is 5.82 Å². The van der Waals surface area contributed by atoms with Crippen LogP contribution < -0.4 is 4.74 Å². The number of carbonyl (C=O) groups is 1. The van der Waals surface area contributed by atoms with Crippen LogP contribution in [0, 0.1) is 5.82 Å². The molecule has 0 N–H and O–H groups in total. The smallest absolute Gasteiger partial charge is 0.165 e. The molecule has 0 heterocycles. The summed E-state index contributed by atoms with van der Waals surface area (Å²) in [6.45, 7) is 4.99. The highest BCUT2D eigenvalue weighted by Gasteiger charge is 2.07. The van der Waals surface area contributed by atoms with Crippen molar-refractivity contribution in [1.82, 2.24) is 0 Å². The first-order valence-electron chi connectivity index (χ1n) is 5.66. The van der Waals surface area contributed by atoms with Gasteiger partial charge in [-0.15, -0.1) is 0 Å². The van der Waals surface area contributed by atoms with Gasteiger partial charge in [0.05, 0.1) is 6.61 Å². The number of rotatable bonds is 7. The summed E-state index contributed by atoms with van der Waals surface area (Å²) in [7, 11) is 0. The van der Waals surface area contributed by atoms with Gasteiger partial charge in [0.1, 0.15) is 0 Å². The van der Waals surface area contributed by atoms with Crippen LogP contribution in [0.1, 0.15) is 30.6 Å². The molecule has 0 radical (unpaired) electrons. The minimum Gasteiger partial charge on any atom is -0.490 e. The first kappa shape index (κ1) is 13.6. The third-order valence-corrected chi connectivity index (χ3v) is 2.23. The average molecular weight is 240 g/mol. The standard InChI is InChI=1S/C13H17FO3/c1-3-16-7-4-8-17-13-6-5-11(10(2)15)9-12(13)14/h5-6,9H,3-4,7-8H2,1-2H3. The summed E-state index contributed by atoms with van der Waals surface area (Å²) in [6.07, 6.45) is 0.710. The van der Waals surface area contributed by atoms with E-state index in [-0.39, 0.29) is 11.5 Å². The molecule has 0 aliphatic rings. The number of ketones is 1. The Kier molecular flexibility index (Phi) is 5.63. The van der Waals surface area contributed by atoms with Crippen LogP contribution in [0.25, 0.3) is 0 Å². The predicted octanol–water partition coefficient (Wildman–Crippen LogP) is 2.83. The Bertz CT molecular complexity index is 377. The molecule has 1 aromatic carbocycles. The maximum Gasteiger partial charge on any atom is 0.165 e. The highest BCUT2D eigenvalue weighted by Crippen LogP contribution is 2.18. The maximum absolute atomic E-state index is 13.5. The Morgan fingerprint density at radius 3 is 2.71 bits per heavy atom. The first-order valence-corrected chi connectivity index (χ1v) is 5.66. The molecule has 94 valence electrons. The van der Waals surface area contributed by atoms with Gasteiger partial charge in [0.15, 0.2) is 17.3 Å². The molecule has 0 bridgehead atoms. The van der Waals surface area contributed by atoms with Gasteiger partial charge in [-0.2, -0.15) is 0 Å². The molecule has 0 unspecified atom stereocenters. The van der Waals surface area contributed by atoms with Gasteiger partial charge in [0.2, 0.25) is 0 Å². The zero-order valence-corrected chi connectivity index (χ0v) is 10.2. The van der Waals surface area contributed by atoms with Gasteiger partial charge >= 0.3 is 0 Å². The van der Waals surface area contributed by atoms with Crippen LogP contribution in [0.3, 0.4) is 0 Å². The lowest BCUT2D eigenvalue weighted by Gasteiger charge is -2.07. The van der Waals surface area contributed by atoms with E-state index >= 15 is 0 Å². The van der Waals surface area contributed by atoms with Crippen LogP contribution in [0.4, 0.5) is 4.39 Å². The number of ether oxygens (including phenoxy) is 2. The minimum atomic E-state index is -0.505. The SMILES string of the molecule is CCOCCCOc1ccc(C(C)=O)cc1F. The van der Waals surface area contributed by atoms with Gasteiger partial charge < -0.3 is 9.47 Å². The minimum absolute atomic E-state index is 0.160. The summed E-state index contributed by atoms with van der Waals surface area (Å²) in [6, 6.07) is 4.23. The quantitative estimate of drug-likeness (QED) is 0.543. The zero-order chi connectivity index (χ0) is 12.7. The first-order chi connectivity index (χ1) is 8.15. The van der Waals surface area contributed by atoms with Gasteiger partial charge in [0.25, 0.3) is 0 Å². The molecule has 17 heavy (non-hydrogen) atoms. The van der Waals surface area contributed by atoms with Crippen molar-refractivity contribution in [2.24, 2.45) is 0 Å².